The van der Waals surface area contributed by atoms with Crippen LogP contribution in [0.4, 0.5) is 13.2 Å². The zero-order chi connectivity index (χ0) is 29.0. The molecule has 0 spiro atoms. The second kappa shape index (κ2) is 11.5. The van der Waals surface area contributed by atoms with Gasteiger partial charge in [0.15, 0.2) is 0 Å². The summed E-state index contributed by atoms with van der Waals surface area (Å²) in [5.74, 6) is -1.41. The molecule has 0 saturated heterocycles. The minimum absolute atomic E-state index is 0.0173. The summed E-state index contributed by atoms with van der Waals surface area (Å²) in [5.41, 5.74) is 0.884. The first kappa shape index (κ1) is 28.1. The van der Waals surface area contributed by atoms with E-state index in [1.54, 1.807) is 19.1 Å². The number of hydrogen-bond acceptors (Lipinski definition) is 6. The molecule has 1 amide bonds. The number of esters is 1. The molecule has 0 aliphatic heterocycles. The van der Waals surface area contributed by atoms with Crippen molar-refractivity contribution in [1.82, 2.24) is 14.5 Å². The molecule has 0 saturated carbocycles. The SMILES string of the molecule is CCn1c(=O)n(Cc2ccc(C(=O)OC)cc2)c(=O)c2cc(C(=O)NCc3ccc(OC(F)(F)F)cc3)ccc21. The molecule has 0 atom stereocenters. The zero-order valence-electron chi connectivity index (χ0n) is 21.4. The van der Waals surface area contributed by atoms with Crippen molar-refractivity contribution >= 4 is 22.8 Å². The molecule has 4 aromatic rings. The lowest BCUT2D eigenvalue weighted by Gasteiger charge is -2.14. The Morgan fingerprint density at radius 3 is 2.10 bits per heavy atom. The van der Waals surface area contributed by atoms with Gasteiger partial charge in [0, 0.05) is 18.7 Å². The molecule has 12 heteroatoms. The molecule has 0 aliphatic carbocycles. The molecule has 0 aliphatic rings. The van der Waals surface area contributed by atoms with E-state index in [1.807, 2.05) is 0 Å². The number of methoxy groups -OCH3 is 1. The van der Waals surface area contributed by atoms with E-state index in [0.717, 1.165) is 16.7 Å². The van der Waals surface area contributed by atoms with Gasteiger partial charge in [0.2, 0.25) is 0 Å². The molecule has 3 aromatic carbocycles. The Hall–Kier alpha value is -4.87. The number of nitrogens with zero attached hydrogens (tertiary/aromatic N) is 2. The quantitative estimate of drug-likeness (QED) is 0.331. The maximum atomic E-state index is 13.4. The molecule has 208 valence electrons. The van der Waals surface area contributed by atoms with E-state index in [2.05, 4.69) is 14.8 Å². The third-order valence-electron chi connectivity index (χ3n) is 6.13. The zero-order valence-corrected chi connectivity index (χ0v) is 21.4. The van der Waals surface area contributed by atoms with Crippen molar-refractivity contribution in [1.29, 1.82) is 0 Å². The monoisotopic (exact) mass is 555 g/mol. The highest BCUT2D eigenvalue weighted by Crippen LogP contribution is 2.22. The summed E-state index contributed by atoms with van der Waals surface area (Å²) in [6, 6.07) is 15.8. The van der Waals surface area contributed by atoms with Crippen molar-refractivity contribution in [2.75, 3.05) is 7.11 Å². The van der Waals surface area contributed by atoms with Gasteiger partial charge in [0.25, 0.3) is 11.5 Å². The fraction of sp³-hybridized carbons (Fsp3) is 0.214. The predicted octanol–water partition coefficient (Wildman–Crippen LogP) is 3.85. The third kappa shape index (κ3) is 6.22. The van der Waals surface area contributed by atoms with Gasteiger partial charge in [-0.25, -0.2) is 9.59 Å². The maximum Gasteiger partial charge on any atom is 0.573 e. The van der Waals surface area contributed by atoms with Gasteiger partial charge in [0.05, 0.1) is 30.1 Å². The van der Waals surface area contributed by atoms with Gasteiger partial charge in [-0.15, -0.1) is 13.2 Å². The summed E-state index contributed by atoms with van der Waals surface area (Å²) < 4.78 is 48.0. The largest absolute Gasteiger partial charge is 0.573 e. The molecule has 0 bridgehead atoms. The Morgan fingerprint density at radius 2 is 1.50 bits per heavy atom. The molecule has 1 N–H and O–H groups in total. The lowest BCUT2D eigenvalue weighted by molar-refractivity contribution is -0.274. The Labute approximate surface area is 225 Å². The molecule has 40 heavy (non-hydrogen) atoms. The normalized spacial score (nSPS) is 11.3. The van der Waals surface area contributed by atoms with Gasteiger partial charge in [-0.2, -0.15) is 0 Å². The molecule has 9 nitrogen and oxygen atoms in total. The van der Waals surface area contributed by atoms with Crippen LogP contribution in [0.5, 0.6) is 5.75 Å². The van der Waals surface area contributed by atoms with Crippen LogP contribution in [0.1, 0.15) is 38.8 Å². The second-order valence-corrected chi connectivity index (χ2v) is 8.71. The van der Waals surface area contributed by atoms with Crippen LogP contribution < -0.4 is 21.3 Å². The lowest BCUT2D eigenvalue weighted by Crippen LogP contribution is -2.40. The Bertz CT molecular complexity index is 1670. The number of rotatable bonds is 8. The van der Waals surface area contributed by atoms with E-state index >= 15 is 0 Å². The first-order chi connectivity index (χ1) is 19.0. The number of alkyl halides is 3. The Kier molecular flexibility index (Phi) is 8.08. The standard InChI is InChI=1S/C28H24F3N3O6/c1-3-33-23-13-10-20(24(35)32-15-17-6-11-21(12-7-17)40-28(29,30)31)14-22(23)25(36)34(27(33)38)16-18-4-8-19(9-5-18)26(37)39-2/h4-14H,3,15-16H2,1-2H3,(H,32,35). The summed E-state index contributed by atoms with van der Waals surface area (Å²) in [6.07, 6.45) is -4.80. The van der Waals surface area contributed by atoms with Crippen LogP contribution in [0.3, 0.4) is 0 Å². The van der Waals surface area contributed by atoms with Crippen molar-refractivity contribution in [2.45, 2.75) is 32.9 Å². The molecule has 4 rings (SSSR count). The summed E-state index contributed by atoms with van der Waals surface area (Å²) in [4.78, 5) is 51.0. The lowest BCUT2D eigenvalue weighted by atomic mass is 10.1. The van der Waals surface area contributed by atoms with Gasteiger partial charge in [-0.1, -0.05) is 24.3 Å². The summed E-state index contributed by atoms with van der Waals surface area (Å²) in [7, 11) is 1.26. The highest BCUT2D eigenvalue weighted by atomic mass is 19.4. The first-order valence-corrected chi connectivity index (χ1v) is 12.1. The minimum Gasteiger partial charge on any atom is -0.465 e. The van der Waals surface area contributed by atoms with E-state index in [-0.39, 0.29) is 36.3 Å². The maximum absolute atomic E-state index is 13.4. The fourth-order valence-electron chi connectivity index (χ4n) is 4.15. The molecule has 0 unspecified atom stereocenters. The number of fused-ring (bicyclic) bond motifs is 1. The Morgan fingerprint density at radius 1 is 0.875 bits per heavy atom. The van der Waals surface area contributed by atoms with Gasteiger partial charge in [-0.3, -0.25) is 18.7 Å². The molecule has 1 heterocycles. The van der Waals surface area contributed by atoms with Crippen molar-refractivity contribution < 1.29 is 32.2 Å². The van der Waals surface area contributed by atoms with Crippen molar-refractivity contribution in [2.24, 2.45) is 0 Å². The predicted molar refractivity (Wildman–Crippen MR) is 139 cm³/mol. The summed E-state index contributed by atoms with van der Waals surface area (Å²) >= 11 is 0. The van der Waals surface area contributed by atoms with Gasteiger partial charge in [-0.05, 0) is 60.5 Å². The van der Waals surface area contributed by atoms with Crippen LogP contribution in [-0.4, -0.2) is 34.5 Å². The number of nitrogens with one attached hydrogen (secondary N) is 1. The van der Waals surface area contributed by atoms with Crippen LogP contribution in [0.25, 0.3) is 10.9 Å². The number of carbonyl (C=O) groups excluding carboxylic acids is 2. The van der Waals surface area contributed by atoms with Crippen LogP contribution >= 0.6 is 0 Å². The fourth-order valence-corrected chi connectivity index (χ4v) is 4.15. The van der Waals surface area contributed by atoms with Crippen molar-refractivity contribution in [3.63, 3.8) is 0 Å². The minimum atomic E-state index is -4.80. The third-order valence-corrected chi connectivity index (χ3v) is 6.13. The highest BCUT2D eigenvalue weighted by molar-refractivity contribution is 5.97. The molecule has 1 aromatic heterocycles. The van der Waals surface area contributed by atoms with E-state index in [9.17, 15) is 32.3 Å². The first-order valence-electron chi connectivity index (χ1n) is 12.1. The number of halogens is 3. The van der Waals surface area contributed by atoms with Gasteiger partial charge >= 0.3 is 18.0 Å². The van der Waals surface area contributed by atoms with Crippen LogP contribution in [0.2, 0.25) is 0 Å². The number of aryl methyl sites for hydroxylation is 1. The summed E-state index contributed by atoms with van der Waals surface area (Å²) in [5, 5.41) is 2.82. The van der Waals surface area contributed by atoms with Crippen LogP contribution in [-0.2, 0) is 24.4 Å². The van der Waals surface area contributed by atoms with Gasteiger partial charge < -0.3 is 14.8 Å². The van der Waals surface area contributed by atoms with Crippen LogP contribution in [0, 0.1) is 0 Å². The molecular formula is C28H24F3N3O6. The van der Waals surface area contributed by atoms with Crippen LogP contribution in [0.15, 0.2) is 76.3 Å². The molecule has 0 fully saturated rings. The average molecular weight is 556 g/mol. The highest BCUT2D eigenvalue weighted by Gasteiger charge is 2.31. The van der Waals surface area contributed by atoms with E-state index in [1.165, 1.54) is 54.1 Å². The topological polar surface area (TPSA) is 109 Å². The Balaban J connectivity index is 1.59. The number of carbonyl (C=O) groups is 2. The van der Waals surface area contributed by atoms with Crippen molar-refractivity contribution in [3.05, 3.63) is 110 Å². The number of amides is 1. The number of benzene rings is 3. The van der Waals surface area contributed by atoms with Gasteiger partial charge in [0.1, 0.15) is 5.75 Å². The van der Waals surface area contributed by atoms with Crippen molar-refractivity contribution in [3.8, 4) is 5.75 Å². The number of ether oxygens (including phenoxy) is 2. The molecular weight excluding hydrogens is 531 g/mol. The smallest absolute Gasteiger partial charge is 0.465 e. The number of aromatic nitrogens is 2. The van der Waals surface area contributed by atoms with E-state index in [4.69, 9.17) is 0 Å². The van der Waals surface area contributed by atoms with E-state index in [0.29, 0.717) is 22.2 Å². The second-order valence-electron chi connectivity index (χ2n) is 8.71. The number of hydrogen-bond donors (Lipinski definition) is 1. The molecule has 0 radical (unpaired) electrons. The average Bonchev–Trinajstić information content (AvgIpc) is 2.94. The summed E-state index contributed by atoms with van der Waals surface area (Å²) in [6.45, 7) is 1.99. The van der Waals surface area contributed by atoms with E-state index < -0.39 is 29.5 Å².